The molecule has 0 saturated carbocycles. The van der Waals surface area contributed by atoms with Gasteiger partial charge in [-0.15, -0.1) is 0 Å². The van der Waals surface area contributed by atoms with Gasteiger partial charge >= 0.3 is 0 Å². The van der Waals surface area contributed by atoms with Crippen LogP contribution >= 0.6 is 0 Å². The van der Waals surface area contributed by atoms with Crippen LogP contribution in [0.5, 0.6) is 0 Å². The van der Waals surface area contributed by atoms with Crippen molar-refractivity contribution in [1.82, 2.24) is 0 Å². The molecular formula is C21H29NO2. The summed E-state index contributed by atoms with van der Waals surface area (Å²) < 4.78 is 1.17. The smallest absolute Gasteiger partial charge is 0.105 e. The predicted octanol–water partition coefficient (Wildman–Crippen LogP) is 3.53. The number of nitrogens with zero attached hydrogens (tertiary/aromatic N) is 1. The van der Waals surface area contributed by atoms with Crippen LogP contribution in [0.3, 0.4) is 0 Å². The Morgan fingerprint density at radius 3 is 2.00 bits per heavy atom. The fourth-order valence-electron chi connectivity index (χ4n) is 2.80. The second kappa shape index (κ2) is 9.24. The molecule has 0 aromatic heterocycles. The number of benzene rings is 2. The van der Waals surface area contributed by atoms with Crippen molar-refractivity contribution in [3.8, 4) is 0 Å². The van der Waals surface area contributed by atoms with Crippen LogP contribution in [0.2, 0.25) is 0 Å². The molecule has 0 unspecified atom stereocenters. The summed E-state index contributed by atoms with van der Waals surface area (Å²) >= 11 is 0. The van der Waals surface area contributed by atoms with E-state index in [0.29, 0.717) is 0 Å². The van der Waals surface area contributed by atoms with Crippen molar-refractivity contribution in [2.24, 2.45) is 0 Å². The van der Waals surface area contributed by atoms with Crippen molar-refractivity contribution in [1.29, 1.82) is 0 Å². The number of carboxylic acid groups (broad SMARTS) is 1. The first-order valence-corrected chi connectivity index (χ1v) is 8.57. The highest BCUT2D eigenvalue weighted by molar-refractivity contribution is 5.85. The number of carbonyl (C=O) groups excluding carboxylic acids is 1. The van der Waals surface area contributed by atoms with Crippen molar-refractivity contribution in [3.05, 3.63) is 60.2 Å². The average molecular weight is 327 g/mol. The third kappa shape index (κ3) is 5.20. The van der Waals surface area contributed by atoms with Crippen LogP contribution in [-0.2, 0) is 11.3 Å². The second-order valence-corrected chi connectivity index (χ2v) is 6.15. The lowest BCUT2D eigenvalue weighted by molar-refractivity contribution is -0.936. The van der Waals surface area contributed by atoms with Crippen molar-refractivity contribution >= 4 is 16.7 Å². The van der Waals surface area contributed by atoms with Crippen LogP contribution in [0.15, 0.2) is 54.6 Å². The van der Waals surface area contributed by atoms with Gasteiger partial charge in [0.05, 0.1) is 25.6 Å². The number of aliphatic carboxylic acids is 1. The van der Waals surface area contributed by atoms with E-state index in [2.05, 4.69) is 69.8 Å². The Balaban J connectivity index is 0.000000413. The number of carboxylic acids is 1. The molecule has 130 valence electrons. The van der Waals surface area contributed by atoms with Crippen LogP contribution in [0, 0.1) is 0 Å². The van der Waals surface area contributed by atoms with Crippen LogP contribution in [0.25, 0.3) is 10.8 Å². The third-order valence-corrected chi connectivity index (χ3v) is 4.75. The Bertz CT molecular complexity index is 662. The first-order valence-electron chi connectivity index (χ1n) is 8.57. The minimum Gasteiger partial charge on any atom is -0.545 e. The van der Waals surface area contributed by atoms with Crippen LogP contribution in [0.1, 0.15) is 33.3 Å². The molecule has 0 radical (unpaired) electrons. The lowest BCUT2D eigenvalue weighted by Gasteiger charge is -2.36. The summed E-state index contributed by atoms with van der Waals surface area (Å²) in [6.07, 6.45) is 0. The van der Waals surface area contributed by atoms with Crippen molar-refractivity contribution in [2.75, 3.05) is 19.6 Å². The summed E-state index contributed by atoms with van der Waals surface area (Å²) in [5, 5.41) is 12.3. The van der Waals surface area contributed by atoms with E-state index in [4.69, 9.17) is 0 Å². The molecule has 2 rings (SSSR count). The molecule has 0 heterocycles. The Morgan fingerprint density at radius 1 is 1.00 bits per heavy atom. The number of quaternary nitrogens is 1. The number of rotatable bonds is 6. The summed E-state index contributed by atoms with van der Waals surface area (Å²) in [5.74, 6) is -1.19. The number of hydrogen-bond acceptors (Lipinski definition) is 2. The quantitative estimate of drug-likeness (QED) is 0.601. The minimum absolute atomic E-state index is 0.0648. The van der Waals surface area contributed by atoms with Crippen molar-refractivity contribution in [2.45, 2.75) is 34.2 Å². The summed E-state index contributed by atoms with van der Waals surface area (Å²) in [6.45, 7) is 16.1. The fourth-order valence-corrected chi connectivity index (χ4v) is 2.80. The molecule has 3 nitrogen and oxygen atoms in total. The lowest BCUT2D eigenvalue weighted by Crippen LogP contribution is -2.46. The van der Waals surface area contributed by atoms with Gasteiger partial charge in [0.25, 0.3) is 0 Å². The van der Waals surface area contributed by atoms with E-state index in [1.165, 1.54) is 47.4 Å². The summed E-state index contributed by atoms with van der Waals surface area (Å²) in [5.41, 5.74) is 1.55. The Kier molecular flexibility index (Phi) is 7.66. The molecule has 0 aliphatic carbocycles. The van der Waals surface area contributed by atoms with E-state index in [1.54, 1.807) is 0 Å². The summed E-state index contributed by atoms with van der Waals surface area (Å²) in [6, 6.07) is 15.4. The maximum absolute atomic E-state index is 9.49. The van der Waals surface area contributed by atoms with Gasteiger partial charge in [-0.1, -0.05) is 49.0 Å². The normalized spacial score (nSPS) is 10.8. The highest BCUT2D eigenvalue weighted by Crippen LogP contribution is 2.22. The molecule has 0 spiro atoms. The van der Waals surface area contributed by atoms with Gasteiger partial charge in [0.1, 0.15) is 6.54 Å². The first kappa shape index (κ1) is 19.9. The van der Waals surface area contributed by atoms with E-state index in [9.17, 15) is 9.90 Å². The third-order valence-electron chi connectivity index (χ3n) is 4.75. The second-order valence-electron chi connectivity index (χ2n) is 6.15. The van der Waals surface area contributed by atoms with Crippen LogP contribution in [0.4, 0.5) is 0 Å². The molecule has 0 bridgehead atoms. The van der Waals surface area contributed by atoms with Gasteiger partial charge in [0, 0.05) is 5.56 Å². The van der Waals surface area contributed by atoms with Gasteiger partial charge in [-0.2, -0.15) is 0 Å². The van der Waals surface area contributed by atoms with Crippen molar-refractivity contribution in [3.63, 3.8) is 0 Å². The Labute approximate surface area is 145 Å². The van der Waals surface area contributed by atoms with E-state index < -0.39 is 5.97 Å². The molecule has 0 N–H and O–H groups in total. The Morgan fingerprint density at radius 2 is 1.50 bits per heavy atom. The first-order chi connectivity index (χ1) is 11.4. The molecule has 2 aromatic rings. The molecule has 0 atom stereocenters. The fraction of sp³-hybridized carbons (Fsp3) is 0.381. The van der Waals surface area contributed by atoms with Crippen LogP contribution in [-0.4, -0.2) is 30.1 Å². The van der Waals surface area contributed by atoms with E-state index >= 15 is 0 Å². The zero-order valence-corrected chi connectivity index (χ0v) is 15.3. The zero-order chi connectivity index (χ0) is 18.2. The van der Waals surface area contributed by atoms with Gasteiger partial charge in [-0.25, -0.2) is 0 Å². The standard InChI is InChI=1S/C17H24N.C4H6O2/c1-4-18(5-2,6-3)14-16-12-9-11-15-10-7-8-13-17(15)16;1-3(2)4(5)6/h7-13H,4-6,14H2,1-3H3;1H2,2H3,(H,5,6)/q+1;/p-1. The molecule has 3 heteroatoms. The molecule has 0 aliphatic heterocycles. The van der Waals surface area contributed by atoms with E-state index in [-0.39, 0.29) is 5.57 Å². The maximum atomic E-state index is 9.49. The monoisotopic (exact) mass is 327 g/mol. The van der Waals surface area contributed by atoms with Gasteiger partial charge < -0.3 is 14.4 Å². The topological polar surface area (TPSA) is 40.1 Å². The molecule has 0 saturated heterocycles. The van der Waals surface area contributed by atoms with E-state index in [1.807, 2.05) is 0 Å². The molecule has 0 aliphatic rings. The highest BCUT2D eigenvalue weighted by atomic mass is 16.4. The van der Waals surface area contributed by atoms with Crippen molar-refractivity contribution < 1.29 is 14.4 Å². The van der Waals surface area contributed by atoms with Gasteiger partial charge in [0.2, 0.25) is 0 Å². The number of carbonyl (C=O) groups is 1. The lowest BCUT2D eigenvalue weighted by atomic mass is 10.0. The number of fused-ring (bicyclic) bond motifs is 1. The SMILES string of the molecule is C=C(C)C(=O)[O-].CC[N+](CC)(CC)Cc1cccc2ccccc12. The summed E-state index contributed by atoms with van der Waals surface area (Å²) in [4.78, 5) is 9.49. The zero-order valence-electron chi connectivity index (χ0n) is 15.3. The van der Waals surface area contributed by atoms with Crippen LogP contribution < -0.4 is 5.11 Å². The molecule has 2 aromatic carbocycles. The van der Waals surface area contributed by atoms with Gasteiger partial charge in [0.15, 0.2) is 0 Å². The molecular weight excluding hydrogens is 298 g/mol. The minimum atomic E-state index is -1.19. The van der Waals surface area contributed by atoms with Gasteiger partial charge in [-0.3, -0.25) is 0 Å². The molecule has 24 heavy (non-hydrogen) atoms. The number of hydrogen-bond donors (Lipinski definition) is 0. The van der Waals surface area contributed by atoms with E-state index in [0.717, 1.165) is 6.54 Å². The molecule has 0 fully saturated rings. The maximum Gasteiger partial charge on any atom is 0.105 e. The van der Waals surface area contributed by atoms with Gasteiger partial charge in [-0.05, 0) is 44.0 Å². The Hall–Kier alpha value is -2.13. The summed E-state index contributed by atoms with van der Waals surface area (Å²) in [7, 11) is 0. The largest absolute Gasteiger partial charge is 0.545 e. The average Bonchev–Trinajstić information content (AvgIpc) is 2.60. The predicted molar refractivity (Wildman–Crippen MR) is 99.4 cm³/mol. The molecule has 0 amide bonds. The highest BCUT2D eigenvalue weighted by Gasteiger charge is 2.21.